The summed E-state index contributed by atoms with van der Waals surface area (Å²) in [6, 6.07) is 6.53. The van der Waals surface area contributed by atoms with Crippen LogP contribution < -0.4 is 4.72 Å². The van der Waals surface area contributed by atoms with E-state index in [-0.39, 0.29) is 16.4 Å². The van der Waals surface area contributed by atoms with Crippen LogP contribution >= 0.6 is 0 Å². The molecule has 1 rings (SSSR count). The Labute approximate surface area is 124 Å². The molecule has 0 saturated heterocycles. The largest absolute Gasteiger partial charge is 0.468 e. The van der Waals surface area contributed by atoms with Crippen molar-refractivity contribution in [3.63, 3.8) is 0 Å². The highest BCUT2D eigenvalue weighted by Crippen LogP contribution is 2.14. The Morgan fingerprint density at radius 1 is 1.43 bits per heavy atom. The lowest BCUT2D eigenvalue weighted by Crippen LogP contribution is -2.42. The molecule has 0 aliphatic heterocycles. The number of nitriles is 1. The fourth-order valence-corrected chi connectivity index (χ4v) is 3.04. The predicted octanol–water partition coefficient (Wildman–Crippen LogP) is 1.42. The van der Waals surface area contributed by atoms with Gasteiger partial charge in [0.1, 0.15) is 6.04 Å². The molecule has 0 bridgehead atoms. The first-order valence-electron chi connectivity index (χ1n) is 6.40. The van der Waals surface area contributed by atoms with Crippen molar-refractivity contribution in [3.05, 3.63) is 29.8 Å². The summed E-state index contributed by atoms with van der Waals surface area (Å²) in [6.45, 7) is 3.75. The van der Waals surface area contributed by atoms with Gasteiger partial charge >= 0.3 is 5.97 Å². The number of nitrogens with zero attached hydrogens (tertiary/aromatic N) is 1. The highest BCUT2D eigenvalue weighted by Gasteiger charge is 2.27. The standard InChI is InChI=1S/C14H18N2O4S/c1-10(2)7-13(14(17)20-3)16-21(18,19)12-6-4-5-11(8-12)9-15/h4-6,8,10,13,16H,7H2,1-3H3/t13-/m0/s1. The molecule has 1 aromatic carbocycles. The number of ether oxygens (including phenoxy) is 1. The van der Waals surface area contributed by atoms with Gasteiger partial charge in [-0.3, -0.25) is 4.79 Å². The summed E-state index contributed by atoms with van der Waals surface area (Å²) in [5.74, 6) is -0.522. The van der Waals surface area contributed by atoms with Crippen LogP contribution in [-0.2, 0) is 19.6 Å². The fraction of sp³-hybridized carbons (Fsp3) is 0.429. The average Bonchev–Trinajstić information content (AvgIpc) is 2.45. The summed E-state index contributed by atoms with van der Waals surface area (Å²) in [5, 5.41) is 8.82. The summed E-state index contributed by atoms with van der Waals surface area (Å²) in [7, 11) is -2.69. The quantitative estimate of drug-likeness (QED) is 0.802. The molecule has 0 aliphatic carbocycles. The summed E-state index contributed by atoms with van der Waals surface area (Å²) < 4.78 is 31.5. The lowest BCUT2D eigenvalue weighted by molar-refractivity contribution is -0.143. The number of esters is 1. The van der Waals surface area contributed by atoms with E-state index in [0.29, 0.717) is 6.42 Å². The first-order valence-corrected chi connectivity index (χ1v) is 7.88. The van der Waals surface area contributed by atoms with Crippen LogP contribution in [0, 0.1) is 17.2 Å². The number of methoxy groups -OCH3 is 1. The SMILES string of the molecule is COC(=O)[C@H](CC(C)C)NS(=O)(=O)c1cccc(C#N)c1. The van der Waals surface area contributed by atoms with Crippen LogP contribution in [-0.4, -0.2) is 27.5 Å². The van der Waals surface area contributed by atoms with Crippen molar-refractivity contribution in [1.82, 2.24) is 4.72 Å². The molecular weight excluding hydrogens is 292 g/mol. The van der Waals surface area contributed by atoms with Gasteiger partial charge in [0.15, 0.2) is 0 Å². The van der Waals surface area contributed by atoms with Crippen molar-refractivity contribution in [2.24, 2.45) is 5.92 Å². The number of nitrogens with one attached hydrogen (secondary N) is 1. The molecule has 0 unspecified atom stereocenters. The lowest BCUT2D eigenvalue weighted by Gasteiger charge is -2.18. The van der Waals surface area contributed by atoms with Crippen LogP contribution in [0.15, 0.2) is 29.2 Å². The van der Waals surface area contributed by atoms with Crippen molar-refractivity contribution < 1.29 is 17.9 Å². The number of rotatable bonds is 6. The third-order valence-electron chi connectivity index (χ3n) is 2.76. The van der Waals surface area contributed by atoms with Gasteiger partial charge in [0.05, 0.1) is 23.6 Å². The first kappa shape index (κ1) is 17.1. The van der Waals surface area contributed by atoms with Crippen molar-refractivity contribution >= 4 is 16.0 Å². The number of benzene rings is 1. The topological polar surface area (TPSA) is 96.3 Å². The second-order valence-electron chi connectivity index (χ2n) is 4.97. The third-order valence-corrected chi connectivity index (χ3v) is 4.23. The van der Waals surface area contributed by atoms with E-state index in [2.05, 4.69) is 9.46 Å². The number of carbonyl (C=O) groups excluding carboxylic acids is 1. The Morgan fingerprint density at radius 3 is 2.62 bits per heavy atom. The molecule has 1 N–H and O–H groups in total. The van der Waals surface area contributed by atoms with Gasteiger partial charge in [-0.2, -0.15) is 9.98 Å². The second-order valence-corrected chi connectivity index (χ2v) is 6.68. The van der Waals surface area contributed by atoms with Crippen LogP contribution in [0.2, 0.25) is 0 Å². The smallest absolute Gasteiger partial charge is 0.323 e. The highest BCUT2D eigenvalue weighted by molar-refractivity contribution is 7.89. The van der Waals surface area contributed by atoms with Gasteiger partial charge in [0.2, 0.25) is 10.0 Å². The van der Waals surface area contributed by atoms with Gasteiger partial charge in [-0.1, -0.05) is 19.9 Å². The van der Waals surface area contributed by atoms with E-state index >= 15 is 0 Å². The number of hydrogen-bond acceptors (Lipinski definition) is 5. The molecule has 0 aliphatic rings. The Balaban J connectivity index is 3.05. The zero-order valence-corrected chi connectivity index (χ0v) is 13.0. The summed E-state index contributed by atoms with van der Waals surface area (Å²) in [6.07, 6.45) is 0.323. The molecule has 0 spiro atoms. The monoisotopic (exact) mass is 310 g/mol. The van der Waals surface area contributed by atoms with E-state index < -0.39 is 22.0 Å². The minimum atomic E-state index is -3.89. The Hall–Kier alpha value is -1.91. The van der Waals surface area contributed by atoms with E-state index in [0.717, 1.165) is 0 Å². The normalized spacial score (nSPS) is 12.7. The third kappa shape index (κ3) is 4.85. The van der Waals surface area contributed by atoms with E-state index in [1.165, 1.54) is 31.4 Å². The molecule has 7 heteroatoms. The summed E-state index contributed by atoms with van der Waals surface area (Å²) >= 11 is 0. The molecule has 0 radical (unpaired) electrons. The van der Waals surface area contributed by atoms with Crippen LogP contribution in [0.25, 0.3) is 0 Å². The number of carbonyl (C=O) groups is 1. The second kappa shape index (κ2) is 7.20. The minimum Gasteiger partial charge on any atom is -0.468 e. The van der Waals surface area contributed by atoms with Gasteiger partial charge in [-0.25, -0.2) is 8.42 Å². The molecular formula is C14H18N2O4S. The van der Waals surface area contributed by atoms with E-state index in [1.807, 2.05) is 19.9 Å². The molecule has 0 heterocycles. The van der Waals surface area contributed by atoms with Crippen molar-refractivity contribution in [3.8, 4) is 6.07 Å². The van der Waals surface area contributed by atoms with Crippen LogP contribution in [0.5, 0.6) is 0 Å². The lowest BCUT2D eigenvalue weighted by atomic mass is 10.1. The first-order chi connectivity index (χ1) is 9.80. The molecule has 21 heavy (non-hydrogen) atoms. The van der Waals surface area contributed by atoms with Gasteiger partial charge in [-0.15, -0.1) is 0 Å². The Bertz CT molecular complexity index is 647. The van der Waals surface area contributed by atoms with Crippen molar-refractivity contribution in [2.45, 2.75) is 31.2 Å². The zero-order chi connectivity index (χ0) is 16.0. The maximum absolute atomic E-state index is 12.3. The number of sulfonamides is 1. The fourth-order valence-electron chi connectivity index (χ4n) is 1.79. The summed E-state index contributed by atoms with van der Waals surface area (Å²) in [5.41, 5.74) is 0.233. The maximum Gasteiger partial charge on any atom is 0.323 e. The van der Waals surface area contributed by atoms with Crippen LogP contribution in [0.3, 0.4) is 0 Å². The predicted molar refractivity (Wildman–Crippen MR) is 76.7 cm³/mol. The van der Waals surface area contributed by atoms with E-state index in [4.69, 9.17) is 5.26 Å². The zero-order valence-electron chi connectivity index (χ0n) is 12.2. The van der Waals surface area contributed by atoms with Gasteiger partial charge in [0, 0.05) is 0 Å². The summed E-state index contributed by atoms with van der Waals surface area (Å²) in [4.78, 5) is 11.6. The van der Waals surface area contributed by atoms with Crippen molar-refractivity contribution in [1.29, 1.82) is 5.26 Å². The molecule has 0 fully saturated rings. The minimum absolute atomic E-state index is 0.0563. The number of hydrogen-bond donors (Lipinski definition) is 1. The maximum atomic E-state index is 12.3. The van der Waals surface area contributed by atoms with Crippen molar-refractivity contribution in [2.75, 3.05) is 7.11 Å². The molecule has 6 nitrogen and oxygen atoms in total. The van der Waals surface area contributed by atoms with Gasteiger partial charge in [-0.05, 0) is 30.5 Å². The molecule has 0 amide bonds. The van der Waals surface area contributed by atoms with Crippen LogP contribution in [0.4, 0.5) is 0 Å². The average molecular weight is 310 g/mol. The van der Waals surface area contributed by atoms with Gasteiger partial charge in [0.25, 0.3) is 0 Å². The van der Waals surface area contributed by atoms with Crippen LogP contribution in [0.1, 0.15) is 25.8 Å². The van der Waals surface area contributed by atoms with Gasteiger partial charge < -0.3 is 4.74 Å². The highest BCUT2D eigenvalue weighted by atomic mass is 32.2. The van der Waals surface area contributed by atoms with E-state index in [9.17, 15) is 13.2 Å². The molecule has 0 saturated carbocycles. The molecule has 114 valence electrons. The Kier molecular flexibility index (Phi) is 5.88. The molecule has 1 aromatic rings. The molecule has 0 aromatic heterocycles. The van der Waals surface area contributed by atoms with E-state index in [1.54, 1.807) is 0 Å². The Morgan fingerprint density at radius 2 is 2.10 bits per heavy atom. The molecule has 1 atom stereocenters.